The van der Waals surface area contributed by atoms with Gasteiger partial charge in [0.25, 0.3) is 5.91 Å². The van der Waals surface area contributed by atoms with Gasteiger partial charge < -0.3 is 0 Å². The molecule has 3 rings (SSSR count). The topological polar surface area (TPSA) is 45.0 Å². The predicted octanol–water partition coefficient (Wildman–Crippen LogP) is 3.99. The van der Waals surface area contributed by atoms with Crippen LogP contribution in [0.3, 0.4) is 0 Å². The summed E-state index contributed by atoms with van der Waals surface area (Å²) in [6.45, 7) is 2.49. The van der Waals surface area contributed by atoms with Crippen molar-refractivity contribution in [1.82, 2.24) is 0 Å². The fourth-order valence-corrected chi connectivity index (χ4v) is 2.75. The summed E-state index contributed by atoms with van der Waals surface area (Å²) in [5.74, 6) is -0.502. The normalized spacial score (nSPS) is 17.6. The molecular formula is C19H18ClN3O. The van der Waals surface area contributed by atoms with E-state index in [4.69, 9.17) is 11.6 Å². The van der Waals surface area contributed by atoms with Gasteiger partial charge in [0.15, 0.2) is 0 Å². The monoisotopic (exact) mass is 339 g/mol. The zero-order valence-electron chi connectivity index (χ0n) is 13.4. The third-order valence-corrected chi connectivity index (χ3v) is 4.10. The minimum absolute atomic E-state index is 0.0989. The number of anilines is 1. The standard InChI is InChI=1S/C19H18ClN3O/c1-14-18(13-21-11-10-15-6-3-2-4-7-15)19(24)23(22-14)17-9-5-8-16(20)12-17/h2-9,12-13,18H,10-11H2,1H3/t18-/m0/s1. The molecule has 0 radical (unpaired) electrons. The predicted molar refractivity (Wildman–Crippen MR) is 99.0 cm³/mol. The Morgan fingerprint density at radius 1 is 1.21 bits per heavy atom. The second kappa shape index (κ2) is 7.41. The molecule has 4 nitrogen and oxygen atoms in total. The highest BCUT2D eigenvalue weighted by molar-refractivity contribution is 6.31. The number of benzene rings is 2. The Balaban J connectivity index is 1.64. The molecule has 0 aromatic heterocycles. The zero-order chi connectivity index (χ0) is 16.9. The molecule has 1 aliphatic rings. The van der Waals surface area contributed by atoms with Gasteiger partial charge in [0.05, 0.1) is 11.4 Å². The first kappa shape index (κ1) is 16.4. The largest absolute Gasteiger partial charge is 0.296 e. The van der Waals surface area contributed by atoms with Gasteiger partial charge in [0.1, 0.15) is 5.92 Å². The molecule has 122 valence electrons. The number of nitrogens with zero attached hydrogens (tertiary/aromatic N) is 3. The van der Waals surface area contributed by atoms with Crippen molar-refractivity contribution in [2.75, 3.05) is 11.6 Å². The van der Waals surface area contributed by atoms with Gasteiger partial charge in [-0.3, -0.25) is 9.79 Å². The molecule has 5 heteroatoms. The van der Waals surface area contributed by atoms with Gasteiger partial charge in [-0.2, -0.15) is 10.1 Å². The van der Waals surface area contributed by atoms with Crippen molar-refractivity contribution in [3.05, 3.63) is 65.2 Å². The summed E-state index contributed by atoms with van der Waals surface area (Å²) in [5, 5.41) is 6.32. The number of carbonyl (C=O) groups excluding carboxylic acids is 1. The first-order chi connectivity index (χ1) is 11.6. The van der Waals surface area contributed by atoms with Crippen LogP contribution in [0.15, 0.2) is 64.7 Å². The third kappa shape index (κ3) is 3.71. The van der Waals surface area contributed by atoms with E-state index in [9.17, 15) is 4.79 Å². The van der Waals surface area contributed by atoms with Crippen LogP contribution >= 0.6 is 11.6 Å². The van der Waals surface area contributed by atoms with E-state index < -0.39 is 5.92 Å². The number of hydrogen-bond acceptors (Lipinski definition) is 3. The Kier molecular flexibility index (Phi) is 5.06. The molecule has 0 spiro atoms. The van der Waals surface area contributed by atoms with Crippen LogP contribution in [0.4, 0.5) is 5.69 Å². The Morgan fingerprint density at radius 3 is 2.75 bits per heavy atom. The van der Waals surface area contributed by atoms with Crippen molar-refractivity contribution < 1.29 is 4.79 Å². The summed E-state index contributed by atoms with van der Waals surface area (Å²) in [5.41, 5.74) is 2.65. The van der Waals surface area contributed by atoms with Gasteiger partial charge in [-0.1, -0.05) is 48.0 Å². The minimum atomic E-state index is -0.403. The van der Waals surface area contributed by atoms with Crippen molar-refractivity contribution >= 4 is 35.1 Å². The van der Waals surface area contributed by atoms with Gasteiger partial charge in [-0.15, -0.1) is 0 Å². The van der Waals surface area contributed by atoms with Gasteiger partial charge >= 0.3 is 0 Å². The SMILES string of the molecule is CC1=NN(c2cccc(Cl)c2)C(=O)[C@H]1C=NCCc1ccccc1. The Labute approximate surface area is 146 Å². The molecule has 0 aliphatic carbocycles. The van der Waals surface area contributed by atoms with Crippen LogP contribution in [0.5, 0.6) is 0 Å². The number of halogens is 1. The number of amides is 1. The lowest BCUT2D eigenvalue weighted by Crippen LogP contribution is -2.28. The van der Waals surface area contributed by atoms with Crippen molar-refractivity contribution in [2.45, 2.75) is 13.3 Å². The van der Waals surface area contributed by atoms with Crippen LogP contribution in [0.1, 0.15) is 12.5 Å². The smallest absolute Gasteiger partial charge is 0.261 e. The molecule has 2 aromatic carbocycles. The lowest BCUT2D eigenvalue weighted by Gasteiger charge is -2.12. The fourth-order valence-electron chi connectivity index (χ4n) is 2.56. The van der Waals surface area contributed by atoms with E-state index in [0.717, 1.165) is 12.1 Å². The summed E-state index contributed by atoms with van der Waals surface area (Å²) < 4.78 is 0. The Hall–Kier alpha value is -2.46. The summed E-state index contributed by atoms with van der Waals surface area (Å²) in [6.07, 6.45) is 2.56. The molecule has 0 saturated carbocycles. The highest BCUT2D eigenvalue weighted by Gasteiger charge is 2.33. The summed E-state index contributed by atoms with van der Waals surface area (Å²) in [7, 11) is 0. The number of rotatable bonds is 5. The van der Waals surface area contributed by atoms with Gasteiger partial charge in [0, 0.05) is 17.8 Å². The van der Waals surface area contributed by atoms with Crippen molar-refractivity contribution in [3.63, 3.8) is 0 Å². The second-order valence-electron chi connectivity index (χ2n) is 5.64. The molecule has 1 amide bonds. The first-order valence-corrected chi connectivity index (χ1v) is 8.21. The van der Waals surface area contributed by atoms with Crippen LogP contribution in [0.25, 0.3) is 0 Å². The Morgan fingerprint density at radius 2 is 2.00 bits per heavy atom. The first-order valence-electron chi connectivity index (χ1n) is 7.83. The maximum Gasteiger partial charge on any atom is 0.261 e. The zero-order valence-corrected chi connectivity index (χ0v) is 14.1. The van der Waals surface area contributed by atoms with E-state index in [-0.39, 0.29) is 5.91 Å². The molecule has 0 N–H and O–H groups in total. The maximum absolute atomic E-state index is 12.6. The molecule has 24 heavy (non-hydrogen) atoms. The molecule has 1 heterocycles. The quantitative estimate of drug-likeness (QED) is 0.759. The van der Waals surface area contributed by atoms with Crippen molar-refractivity contribution in [3.8, 4) is 0 Å². The maximum atomic E-state index is 12.6. The highest BCUT2D eigenvalue weighted by atomic mass is 35.5. The van der Waals surface area contributed by atoms with Crippen LogP contribution < -0.4 is 5.01 Å². The fraction of sp³-hybridized carbons (Fsp3) is 0.211. The molecule has 1 aliphatic heterocycles. The molecule has 1 atom stereocenters. The third-order valence-electron chi connectivity index (χ3n) is 3.86. The molecule has 0 saturated heterocycles. The van der Waals surface area contributed by atoms with E-state index in [1.54, 1.807) is 24.4 Å². The van der Waals surface area contributed by atoms with Gasteiger partial charge in [-0.05, 0) is 37.1 Å². The van der Waals surface area contributed by atoms with E-state index in [1.165, 1.54) is 10.6 Å². The molecule has 2 aromatic rings. The van der Waals surface area contributed by atoms with Crippen LogP contribution in [0.2, 0.25) is 5.02 Å². The van der Waals surface area contributed by atoms with E-state index in [2.05, 4.69) is 22.2 Å². The number of hydrogen-bond donors (Lipinski definition) is 0. The van der Waals surface area contributed by atoms with E-state index in [1.807, 2.05) is 31.2 Å². The minimum Gasteiger partial charge on any atom is -0.296 e. The average Bonchev–Trinajstić information content (AvgIpc) is 2.87. The van der Waals surface area contributed by atoms with E-state index in [0.29, 0.717) is 17.3 Å². The van der Waals surface area contributed by atoms with Crippen molar-refractivity contribution in [2.24, 2.45) is 16.0 Å². The number of carbonyl (C=O) groups is 1. The van der Waals surface area contributed by atoms with Gasteiger partial charge in [0.2, 0.25) is 0 Å². The van der Waals surface area contributed by atoms with E-state index >= 15 is 0 Å². The summed E-state index contributed by atoms with van der Waals surface area (Å²) in [4.78, 5) is 17.0. The number of hydrazone groups is 1. The highest BCUT2D eigenvalue weighted by Crippen LogP contribution is 2.25. The molecule has 0 bridgehead atoms. The lowest BCUT2D eigenvalue weighted by molar-refractivity contribution is -0.118. The second-order valence-corrected chi connectivity index (χ2v) is 6.08. The van der Waals surface area contributed by atoms with Gasteiger partial charge in [-0.25, -0.2) is 0 Å². The Bertz CT molecular complexity index is 786. The molecular weight excluding hydrogens is 322 g/mol. The van der Waals surface area contributed by atoms with Crippen LogP contribution in [-0.2, 0) is 11.2 Å². The molecule has 0 unspecified atom stereocenters. The van der Waals surface area contributed by atoms with Crippen LogP contribution in [0, 0.1) is 5.92 Å². The van der Waals surface area contributed by atoms with Crippen LogP contribution in [-0.4, -0.2) is 24.4 Å². The summed E-state index contributed by atoms with van der Waals surface area (Å²) >= 11 is 5.99. The summed E-state index contributed by atoms with van der Waals surface area (Å²) in [6, 6.07) is 17.3. The van der Waals surface area contributed by atoms with Crippen molar-refractivity contribution in [1.29, 1.82) is 0 Å². The average molecular weight is 340 g/mol. The number of aliphatic imine (C=N–C) groups is 1. The lowest BCUT2D eigenvalue weighted by atomic mass is 10.1. The molecule has 0 fully saturated rings.